The minimum atomic E-state index is -0.645. The summed E-state index contributed by atoms with van der Waals surface area (Å²) >= 11 is 0. The molecule has 0 saturated heterocycles. The molecule has 0 bridgehead atoms. The summed E-state index contributed by atoms with van der Waals surface area (Å²) in [7, 11) is 0. The van der Waals surface area contributed by atoms with Crippen molar-refractivity contribution in [1.29, 1.82) is 0 Å². The zero-order valence-electron chi connectivity index (χ0n) is 12.0. The van der Waals surface area contributed by atoms with E-state index in [0.717, 1.165) is 0 Å². The molecule has 1 heterocycles. The van der Waals surface area contributed by atoms with E-state index in [1.165, 1.54) is 25.3 Å². The van der Waals surface area contributed by atoms with Crippen LogP contribution in [0, 0.1) is 5.41 Å². The Hall–Kier alpha value is -2.24. The quantitative estimate of drug-likeness (QED) is 0.670. The van der Waals surface area contributed by atoms with Crippen LogP contribution < -0.4 is 5.32 Å². The second-order valence-corrected chi connectivity index (χ2v) is 5.36. The zero-order chi connectivity index (χ0) is 15.3. The van der Waals surface area contributed by atoms with Crippen molar-refractivity contribution in [2.75, 3.05) is 11.9 Å². The number of Topliss-reactive ketones (excluding diaryl/α,β-unsaturated/α-hetero) is 1. The van der Waals surface area contributed by atoms with Gasteiger partial charge < -0.3 is 10.1 Å². The highest BCUT2D eigenvalue weighted by Crippen LogP contribution is 2.15. The Labute approximate surface area is 117 Å². The molecule has 1 rings (SSSR count). The molecule has 0 aliphatic heterocycles. The number of amides is 1. The van der Waals surface area contributed by atoms with Crippen LogP contribution in [0.25, 0.3) is 0 Å². The van der Waals surface area contributed by atoms with Crippen LogP contribution in [-0.2, 0) is 14.3 Å². The predicted octanol–water partition coefficient (Wildman–Crippen LogP) is 1.81. The Bertz CT molecular complexity index is 515. The molecule has 0 unspecified atom stereocenters. The highest BCUT2D eigenvalue weighted by Gasteiger charge is 2.24. The van der Waals surface area contributed by atoms with Crippen molar-refractivity contribution in [2.45, 2.75) is 27.7 Å². The van der Waals surface area contributed by atoms with Crippen LogP contribution in [0.1, 0.15) is 38.1 Å². The number of aromatic nitrogens is 1. The van der Waals surface area contributed by atoms with Crippen molar-refractivity contribution < 1.29 is 19.1 Å². The van der Waals surface area contributed by atoms with Gasteiger partial charge in [0.05, 0.1) is 5.41 Å². The molecular formula is C14H18N2O4. The maximum atomic E-state index is 11.8. The second kappa shape index (κ2) is 6.27. The molecule has 1 aromatic heterocycles. The molecule has 1 amide bonds. The standard InChI is InChI=1S/C14H18N2O4/c1-9(17)16-12-6-5-10(7-15-12)11(18)8-20-13(19)14(2,3)4/h5-7H,8H2,1-4H3,(H,15,16,17). The fraction of sp³-hybridized carbons (Fsp3) is 0.429. The molecule has 1 aromatic rings. The fourth-order valence-corrected chi connectivity index (χ4v) is 1.24. The van der Waals surface area contributed by atoms with Gasteiger partial charge in [0.2, 0.25) is 11.7 Å². The number of nitrogens with zero attached hydrogens (tertiary/aromatic N) is 1. The van der Waals surface area contributed by atoms with Crippen LogP contribution >= 0.6 is 0 Å². The molecular weight excluding hydrogens is 260 g/mol. The van der Waals surface area contributed by atoms with Gasteiger partial charge in [0.15, 0.2) is 6.61 Å². The minimum absolute atomic E-state index is 0.240. The molecule has 0 atom stereocenters. The lowest BCUT2D eigenvalue weighted by Crippen LogP contribution is -2.25. The number of ether oxygens (including phenoxy) is 1. The van der Waals surface area contributed by atoms with E-state index >= 15 is 0 Å². The maximum absolute atomic E-state index is 11.8. The van der Waals surface area contributed by atoms with E-state index in [1.807, 2.05) is 0 Å². The van der Waals surface area contributed by atoms with Gasteiger partial charge in [-0.25, -0.2) is 4.98 Å². The van der Waals surface area contributed by atoms with Gasteiger partial charge in [-0.1, -0.05) is 0 Å². The summed E-state index contributed by atoms with van der Waals surface area (Å²) in [6, 6.07) is 3.03. The lowest BCUT2D eigenvalue weighted by atomic mass is 9.97. The number of hydrogen-bond acceptors (Lipinski definition) is 5. The maximum Gasteiger partial charge on any atom is 0.311 e. The third-order valence-electron chi connectivity index (χ3n) is 2.34. The van der Waals surface area contributed by atoms with Crippen molar-refractivity contribution >= 4 is 23.5 Å². The van der Waals surface area contributed by atoms with Crippen LogP contribution in [-0.4, -0.2) is 29.3 Å². The van der Waals surface area contributed by atoms with Gasteiger partial charge in [-0.2, -0.15) is 0 Å². The molecule has 20 heavy (non-hydrogen) atoms. The molecule has 0 radical (unpaired) electrons. The van der Waals surface area contributed by atoms with Crippen molar-refractivity contribution in [3.8, 4) is 0 Å². The first-order valence-corrected chi connectivity index (χ1v) is 6.14. The first kappa shape index (κ1) is 15.8. The molecule has 6 heteroatoms. The number of nitrogens with one attached hydrogen (secondary N) is 1. The number of ketones is 1. The highest BCUT2D eigenvalue weighted by atomic mass is 16.5. The summed E-state index contributed by atoms with van der Waals surface area (Å²) < 4.78 is 4.93. The van der Waals surface area contributed by atoms with Crippen LogP contribution in [0.5, 0.6) is 0 Å². The van der Waals surface area contributed by atoms with Gasteiger partial charge in [0.25, 0.3) is 0 Å². The van der Waals surface area contributed by atoms with E-state index in [0.29, 0.717) is 11.4 Å². The zero-order valence-corrected chi connectivity index (χ0v) is 12.0. The first-order valence-electron chi connectivity index (χ1n) is 6.14. The molecule has 1 N–H and O–H groups in total. The topological polar surface area (TPSA) is 85.4 Å². The van der Waals surface area contributed by atoms with E-state index in [9.17, 15) is 14.4 Å². The van der Waals surface area contributed by atoms with Crippen LogP contribution in [0.15, 0.2) is 18.3 Å². The van der Waals surface area contributed by atoms with Crippen LogP contribution in [0.4, 0.5) is 5.82 Å². The van der Waals surface area contributed by atoms with Crippen molar-refractivity contribution in [3.05, 3.63) is 23.9 Å². The third-order valence-corrected chi connectivity index (χ3v) is 2.34. The molecule has 0 aliphatic rings. The highest BCUT2D eigenvalue weighted by molar-refractivity contribution is 5.98. The Morgan fingerprint density at radius 2 is 1.90 bits per heavy atom. The smallest absolute Gasteiger partial charge is 0.311 e. The Kier molecular flexibility index (Phi) is 4.96. The summed E-state index contributed by atoms with van der Waals surface area (Å²) in [5.41, 5.74) is -0.325. The number of pyridine rings is 1. The van der Waals surface area contributed by atoms with Gasteiger partial charge in [-0.15, -0.1) is 0 Å². The van der Waals surface area contributed by atoms with Crippen LogP contribution in [0.3, 0.4) is 0 Å². The summed E-state index contributed by atoms with van der Waals surface area (Å²) in [5, 5.41) is 2.49. The number of esters is 1. The summed E-state index contributed by atoms with van der Waals surface area (Å²) in [6.07, 6.45) is 1.33. The summed E-state index contributed by atoms with van der Waals surface area (Å²) in [5.74, 6) is -0.658. The summed E-state index contributed by atoms with van der Waals surface area (Å²) in [4.78, 5) is 38.1. The van der Waals surface area contributed by atoms with E-state index in [4.69, 9.17) is 4.74 Å². The van der Waals surface area contributed by atoms with Crippen molar-refractivity contribution in [3.63, 3.8) is 0 Å². The van der Waals surface area contributed by atoms with E-state index in [-0.39, 0.29) is 18.3 Å². The molecule has 0 spiro atoms. The number of carbonyl (C=O) groups is 3. The van der Waals surface area contributed by atoms with Gasteiger partial charge in [-0.3, -0.25) is 14.4 Å². The van der Waals surface area contributed by atoms with Gasteiger partial charge in [0, 0.05) is 18.7 Å². The monoisotopic (exact) mass is 278 g/mol. The Balaban J connectivity index is 2.60. The summed E-state index contributed by atoms with van der Waals surface area (Å²) in [6.45, 7) is 6.18. The average Bonchev–Trinajstić information content (AvgIpc) is 2.34. The number of rotatable bonds is 4. The first-order chi connectivity index (χ1) is 9.20. The molecule has 0 fully saturated rings. The molecule has 0 aliphatic carbocycles. The van der Waals surface area contributed by atoms with Gasteiger partial charge in [-0.05, 0) is 32.9 Å². The minimum Gasteiger partial charge on any atom is -0.457 e. The lowest BCUT2D eigenvalue weighted by molar-refractivity contribution is -0.151. The predicted molar refractivity (Wildman–Crippen MR) is 73.3 cm³/mol. The largest absolute Gasteiger partial charge is 0.457 e. The van der Waals surface area contributed by atoms with Crippen molar-refractivity contribution in [2.24, 2.45) is 5.41 Å². The van der Waals surface area contributed by atoms with E-state index in [2.05, 4.69) is 10.3 Å². The van der Waals surface area contributed by atoms with Crippen LogP contribution in [0.2, 0.25) is 0 Å². The Morgan fingerprint density at radius 3 is 2.35 bits per heavy atom. The number of anilines is 1. The van der Waals surface area contributed by atoms with E-state index in [1.54, 1.807) is 20.8 Å². The molecule has 0 aromatic carbocycles. The van der Waals surface area contributed by atoms with Gasteiger partial charge >= 0.3 is 5.97 Å². The number of hydrogen-bond donors (Lipinski definition) is 1. The lowest BCUT2D eigenvalue weighted by Gasteiger charge is -2.16. The van der Waals surface area contributed by atoms with Crippen molar-refractivity contribution in [1.82, 2.24) is 4.98 Å². The Morgan fingerprint density at radius 1 is 1.25 bits per heavy atom. The molecule has 6 nitrogen and oxygen atoms in total. The number of carbonyl (C=O) groups excluding carboxylic acids is 3. The fourth-order valence-electron chi connectivity index (χ4n) is 1.24. The normalized spacial score (nSPS) is 10.8. The molecule has 108 valence electrons. The third kappa shape index (κ3) is 4.79. The molecule has 0 saturated carbocycles. The van der Waals surface area contributed by atoms with E-state index < -0.39 is 11.4 Å². The van der Waals surface area contributed by atoms with Gasteiger partial charge in [0.1, 0.15) is 5.82 Å². The average molecular weight is 278 g/mol. The SMILES string of the molecule is CC(=O)Nc1ccc(C(=O)COC(=O)C(C)(C)C)cn1. The second-order valence-electron chi connectivity index (χ2n) is 5.36.